The third-order valence-electron chi connectivity index (χ3n) is 2.64. The molecule has 5 heteroatoms. The molecule has 0 aromatic carbocycles. The Morgan fingerprint density at radius 1 is 1.57 bits per heavy atom. The van der Waals surface area contributed by atoms with E-state index in [1.54, 1.807) is 6.92 Å². The van der Waals surface area contributed by atoms with Gasteiger partial charge >= 0.3 is 5.97 Å². The summed E-state index contributed by atoms with van der Waals surface area (Å²) in [5, 5.41) is 16.3. The van der Waals surface area contributed by atoms with Gasteiger partial charge in [0.2, 0.25) is 0 Å². The Morgan fingerprint density at radius 2 is 2.21 bits per heavy atom. The van der Waals surface area contributed by atoms with E-state index in [-0.39, 0.29) is 0 Å². The molecule has 0 saturated carbocycles. The van der Waals surface area contributed by atoms with Crippen molar-refractivity contribution < 1.29 is 9.90 Å². The summed E-state index contributed by atoms with van der Waals surface area (Å²) in [7, 11) is 0. The lowest BCUT2D eigenvalue weighted by atomic mass is 10.1. The van der Waals surface area contributed by atoms with E-state index >= 15 is 0 Å². The lowest BCUT2D eigenvalue weighted by Gasteiger charge is -2.28. The molecule has 0 aliphatic carbocycles. The fraction of sp³-hybridized carbons (Fsp3) is 0.556. The van der Waals surface area contributed by atoms with Crippen LogP contribution < -0.4 is 5.32 Å². The number of hydrogen-bond acceptors (Lipinski definition) is 3. The van der Waals surface area contributed by atoms with Crippen LogP contribution in [0, 0.1) is 13.8 Å². The Hall–Kier alpha value is -1.36. The van der Waals surface area contributed by atoms with Crippen molar-refractivity contribution in [1.29, 1.82) is 0 Å². The normalized spacial score (nSPS) is 16.7. The molecular weight excluding hydrogens is 182 g/mol. The number of hydrogen-bond donors (Lipinski definition) is 2. The van der Waals surface area contributed by atoms with Crippen molar-refractivity contribution in [3.8, 4) is 0 Å². The molecule has 2 heterocycles. The summed E-state index contributed by atoms with van der Waals surface area (Å²) in [4.78, 5) is 10.9. The molecule has 0 spiro atoms. The van der Waals surface area contributed by atoms with E-state index in [9.17, 15) is 4.79 Å². The third kappa shape index (κ3) is 1.21. The lowest BCUT2D eigenvalue weighted by Crippen LogP contribution is -2.44. The topological polar surface area (TPSA) is 67.2 Å². The van der Waals surface area contributed by atoms with Crippen molar-refractivity contribution in [2.24, 2.45) is 0 Å². The van der Waals surface area contributed by atoms with E-state index < -0.39 is 5.97 Å². The molecule has 0 bridgehead atoms. The highest BCUT2D eigenvalue weighted by atomic mass is 16.4. The number of aryl methyl sites for hydroxylation is 1. The van der Waals surface area contributed by atoms with E-state index in [4.69, 9.17) is 5.11 Å². The fourth-order valence-corrected chi connectivity index (χ4v) is 1.77. The van der Waals surface area contributed by atoms with E-state index in [0.717, 1.165) is 18.8 Å². The minimum absolute atomic E-state index is 0.321. The van der Waals surface area contributed by atoms with Crippen LogP contribution >= 0.6 is 0 Å². The average Bonchev–Trinajstić information content (AvgIpc) is 2.23. The quantitative estimate of drug-likeness (QED) is 0.714. The molecular formula is C9H13N3O2. The summed E-state index contributed by atoms with van der Waals surface area (Å²) in [5.41, 5.74) is 1.69. The van der Waals surface area contributed by atoms with Crippen molar-refractivity contribution in [3.05, 3.63) is 17.0 Å². The highest BCUT2D eigenvalue weighted by molar-refractivity contribution is 5.90. The Labute approximate surface area is 81.7 Å². The molecule has 0 atom stereocenters. The predicted molar refractivity (Wildman–Crippen MR) is 50.6 cm³/mol. The molecule has 2 rings (SSSR count). The standard InChI is InChI=1S/C9H13N3O2/c1-5-8(9(13)14)6(2)12(11-5)7-3-10-4-7/h7,10H,3-4H2,1-2H3,(H,13,14). The molecule has 1 aromatic heterocycles. The van der Waals surface area contributed by atoms with Gasteiger partial charge in [-0.2, -0.15) is 5.10 Å². The third-order valence-corrected chi connectivity index (χ3v) is 2.64. The molecule has 0 unspecified atom stereocenters. The summed E-state index contributed by atoms with van der Waals surface area (Å²) >= 11 is 0. The minimum atomic E-state index is -0.890. The van der Waals surface area contributed by atoms with Gasteiger partial charge in [-0.05, 0) is 13.8 Å². The van der Waals surface area contributed by atoms with Crippen molar-refractivity contribution in [3.63, 3.8) is 0 Å². The first kappa shape index (κ1) is 9.21. The first-order chi connectivity index (χ1) is 6.61. The molecule has 14 heavy (non-hydrogen) atoms. The van der Waals surface area contributed by atoms with Crippen LogP contribution in [0.5, 0.6) is 0 Å². The first-order valence-electron chi connectivity index (χ1n) is 4.61. The molecule has 1 saturated heterocycles. The van der Waals surface area contributed by atoms with Crippen LogP contribution in [0.1, 0.15) is 27.8 Å². The van der Waals surface area contributed by atoms with Crippen LogP contribution in [0.25, 0.3) is 0 Å². The van der Waals surface area contributed by atoms with Crippen molar-refractivity contribution in [2.75, 3.05) is 13.1 Å². The summed E-state index contributed by atoms with van der Waals surface area (Å²) < 4.78 is 1.81. The van der Waals surface area contributed by atoms with Gasteiger partial charge in [0, 0.05) is 13.1 Å². The second-order valence-electron chi connectivity index (χ2n) is 3.61. The molecule has 1 aliphatic heterocycles. The number of carboxylic acid groups (broad SMARTS) is 1. The summed E-state index contributed by atoms with van der Waals surface area (Å²) in [6, 6.07) is 0.321. The minimum Gasteiger partial charge on any atom is -0.478 e. The lowest BCUT2D eigenvalue weighted by molar-refractivity contribution is 0.0695. The van der Waals surface area contributed by atoms with Crippen LogP contribution in [-0.4, -0.2) is 33.9 Å². The Kier molecular flexibility index (Phi) is 2.03. The highest BCUT2D eigenvalue weighted by Crippen LogP contribution is 2.19. The van der Waals surface area contributed by atoms with Crippen LogP contribution in [0.15, 0.2) is 0 Å². The van der Waals surface area contributed by atoms with Crippen LogP contribution in [0.2, 0.25) is 0 Å². The monoisotopic (exact) mass is 195 g/mol. The van der Waals surface area contributed by atoms with E-state index in [2.05, 4.69) is 10.4 Å². The van der Waals surface area contributed by atoms with Gasteiger partial charge in [-0.1, -0.05) is 0 Å². The molecule has 76 valence electrons. The number of carboxylic acids is 1. The van der Waals surface area contributed by atoms with Crippen molar-refractivity contribution >= 4 is 5.97 Å². The van der Waals surface area contributed by atoms with Gasteiger partial charge in [-0.15, -0.1) is 0 Å². The zero-order valence-electron chi connectivity index (χ0n) is 8.24. The number of nitrogens with one attached hydrogen (secondary N) is 1. The summed E-state index contributed by atoms with van der Waals surface area (Å²) in [6.07, 6.45) is 0. The Balaban J connectivity index is 2.42. The van der Waals surface area contributed by atoms with Gasteiger partial charge in [0.05, 0.1) is 17.4 Å². The SMILES string of the molecule is Cc1nn(C2CNC2)c(C)c1C(=O)O. The maximum atomic E-state index is 10.9. The second kappa shape index (κ2) is 3.09. The maximum absolute atomic E-state index is 10.9. The number of aromatic nitrogens is 2. The van der Waals surface area contributed by atoms with Crippen LogP contribution in [0.3, 0.4) is 0 Å². The summed E-state index contributed by atoms with van der Waals surface area (Å²) in [5.74, 6) is -0.890. The molecule has 1 aliphatic rings. The van der Waals surface area contributed by atoms with Crippen molar-refractivity contribution in [2.45, 2.75) is 19.9 Å². The molecule has 0 radical (unpaired) electrons. The zero-order chi connectivity index (χ0) is 10.3. The Bertz CT molecular complexity index is 380. The average molecular weight is 195 g/mol. The van der Waals surface area contributed by atoms with Crippen molar-refractivity contribution in [1.82, 2.24) is 15.1 Å². The van der Waals surface area contributed by atoms with Gasteiger partial charge < -0.3 is 10.4 Å². The molecule has 0 amide bonds. The van der Waals surface area contributed by atoms with E-state index in [0.29, 0.717) is 17.3 Å². The number of carbonyl (C=O) groups is 1. The van der Waals surface area contributed by atoms with Crippen LogP contribution in [0.4, 0.5) is 0 Å². The van der Waals surface area contributed by atoms with E-state index in [1.165, 1.54) is 0 Å². The first-order valence-corrected chi connectivity index (χ1v) is 4.61. The molecule has 2 N–H and O–H groups in total. The molecule has 5 nitrogen and oxygen atoms in total. The second-order valence-corrected chi connectivity index (χ2v) is 3.61. The van der Waals surface area contributed by atoms with Gasteiger partial charge in [0.25, 0.3) is 0 Å². The molecule has 1 aromatic rings. The van der Waals surface area contributed by atoms with Gasteiger partial charge in [-0.3, -0.25) is 4.68 Å². The maximum Gasteiger partial charge on any atom is 0.339 e. The predicted octanol–water partition coefficient (Wildman–Crippen LogP) is 0.342. The molecule has 1 fully saturated rings. The van der Waals surface area contributed by atoms with E-state index in [1.807, 2.05) is 11.6 Å². The van der Waals surface area contributed by atoms with Gasteiger partial charge in [-0.25, -0.2) is 4.79 Å². The number of rotatable bonds is 2. The number of aromatic carboxylic acids is 1. The van der Waals surface area contributed by atoms with Gasteiger partial charge in [0.1, 0.15) is 5.56 Å². The van der Waals surface area contributed by atoms with Crippen LogP contribution in [-0.2, 0) is 0 Å². The zero-order valence-corrected chi connectivity index (χ0v) is 8.24. The summed E-state index contributed by atoms with van der Waals surface area (Å²) in [6.45, 7) is 5.29. The largest absolute Gasteiger partial charge is 0.478 e. The van der Waals surface area contributed by atoms with Gasteiger partial charge in [0.15, 0.2) is 0 Å². The smallest absolute Gasteiger partial charge is 0.339 e. The Morgan fingerprint density at radius 3 is 2.57 bits per heavy atom. The number of nitrogens with zero attached hydrogens (tertiary/aromatic N) is 2. The fourth-order valence-electron chi connectivity index (χ4n) is 1.77. The highest BCUT2D eigenvalue weighted by Gasteiger charge is 2.25.